The lowest BCUT2D eigenvalue weighted by Crippen LogP contribution is -2.53. The first-order valence-electron chi connectivity index (χ1n) is 6.34. The zero-order chi connectivity index (χ0) is 13.1. The largest absolute Gasteiger partial charge is 0.401 e. The third-order valence-corrected chi connectivity index (χ3v) is 3.54. The average Bonchev–Trinajstić information content (AvgIpc) is 2.18. The van der Waals surface area contributed by atoms with Crippen LogP contribution in [-0.2, 0) is 0 Å². The first-order chi connectivity index (χ1) is 7.83. The molecule has 1 saturated carbocycles. The standard InChI is InChI=1S/C12H23F3N2/c1-4-16-10-6-5-9(2)7-11(10)17(3)8-12(13,14)15/h9-11,16H,4-8H2,1-3H3. The third kappa shape index (κ3) is 4.84. The van der Waals surface area contributed by atoms with Crippen LogP contribution in [0.15, 0.2) is 0 Å². The SMILES string of the molecule is CCNC1CCC(C)CC1N(C)CC(F)(F)F. The van der Waals surface area contributed by atoms with E-state index in [-0.39, 0.29) is 12.1 Å². The van der Waals surface area contributed by atoms with Crippen molar-refractivity contribution in [2.75, 3.05) is 20.1 Å². The van der Waals surface area contributed by atoms with Crippen LogP contribution in [0, 0.1) is 5.92 Å². The number of nitrogens with zero attached hydrogens (tertiary/aromatic N) is 1. The summed E-state index contributed by atoms with van der Waals surface area (Å²) in [5.41, 5.74) is 0. The van der Waals surface area contributed by atoms with E-state index in [2.05, 4.69) is 12.2 Å². The first kappa shape index (κ1) is 14.8. The quantitative estimate of drug-likeness (QED) is 0.827. The maximum absolute atomic E-state index is 12.4. The van der Waals surface area contributed by atoms with Gasteiger partial charge in [-0.3, -0.25) is 4.90 Å². The number of hydrogen-bond donors (Lipinski definition) is 1. The molecule has 0 radical (unpaired) electrons. The fourth-order valence-corrected chi connectivity index (χ4v) is 2.74. The van der Waals surface area contributed by atoms with Gasteiger partial charge in [0.05, 0.1) is 6.54 Å². The molecular weight excluding hydrogens is 229 g/mol. The molecule has 0 bridgehead atoms. The second-order valence-electron chi connectivity index (χ2n) is 5.18. The van der Waals surface area contributed by atoms with Crippen LogP contribution in [-0.4, -0.2) is 43.3 Å². The number of hydrogen-bond acceptors (Lipinski definition) is 2. The van der Waals surface area contributed by atoms with Crippen molar-refractivity contribution in [3.05, 3.63) is 0 Å². The van der Waals surface area contributed by atoms with Crippen molar-refractivity contribution in [2.24, 2.45) is 5.92 Å². The molecule has 17 heavy (non-hydrogen) atoms. The molecule has 1 rings (SSSR count). The molecule has 1 aliphatic carbocycles. The van der Waals surface area contributed by atoms with Gasteiger partial charge < -0.3 is 5.32 Å². The summed E-state index contributed by atoms with van der Waals surface area (Å²) in [6, 6.07) is 0.198. The Balaban J connectivity index is 2.61. The van der Waals surface area contributed by atoms with Crippen molar-refractivity contribution in [3.8, 4) is 0 Å². The lowest BCUT2D eigenvalue weighted by atomic mass is 9.82. The highest BCUT2D eigenvalue weighted by Gasteiger charge is 2.36. The Morgan fingerprint density at radius 2 is 1.94 bits per heavy atom. The van der Waals surface area contributed by atoms with Crippen LogP contribution in [0.5, 0.6) is 0 Å². The molecule has 0 aromatic rings. The van der Waals surface area contributed by atoms with E-state index in [1.165, 1.54) is 4.90 Å². The molecule has 2 nitrogen and oxygen atoms in total. The highest BCUT2D eigenvalue weighted by atomic mass is 19.4. The fraction of sp³-hybridized carbons (Fsp3) is 1.00. The maximum atomic E-state index is 12.4. The molecule has 5 heteroatoms. The van der Waals surface area contributed by atoms with Gasteiger partial charge in [-0.05, 0) is 38.8 Å². The van der Waals surface area contributed by atoms with E-state index in [1.54, 1.807) is 7.05 Å². The normalized spacial score (nSPS) is 30.9. The van der Waals surface area contributed by atoms with Crippen molar-refractivity contribution in [1.29, 1.82) is 0 Å². The summed E-state index contributed by atoms with van der Waals surface area (Å²) in [6.07, 6.45) is -1.17. The van der Waals surface area contributed by atoms with Crippen LogP contribution in [0.1, 0.15) is 33.1 Å². The summed E-state index contributed by atoms with van der Waals surface area (Å²) < 4.78 is 37.2. The number of likely N-dealkylation sites (N-methyl/N-ethyl adjacent to an activating group) is 2. The minimum atomic E-state index is -4.10. The van der Waals surface area contributed by atoms with Crippen molar-refractivity contribution in [2.45, 2.75) is 51.4 Å². The molecule has 0 heterocycles. The Kier molecular flexibility index (Phi) is 5.25. The summed E-state index contributed by atoms with van der Waals surface area (Å²) in [5, 5.41) is 3.31. The van der Waals surface area contributed by atoms with E-state index >= 15 is 0 Å². The third-order valence-electron chi connectivity index (χ3n) is 3.54. The molecule has 3 unspecified atom stereocenters. The van der Waals surface area contributed by atoms with Gasteiger partial charge in [-0.1, -0.05) is 13.8 Å². The summed E-state index contributed by atoms with van der Waals surface area (Å²) in [4.78, 5) is 1.46. The summed E-state index contributed by atoms with van der Waals surface area (Å²) in [5.74, 6) is 0.519. The van der Waals surface area contributed by atoms with Crippen molar-refractivity contribution in [3.63, 3.8) is 0 Å². The molecule has 0 aromatic heterocycles. The summed E-state index contributed by atoms with van der Waals surface area (Å²) in [6.45, 7) is 4.12. The Morgan fingerprint density at radius 1 is 1.29 bits per heavy atom. The molecular formula is C12H23F3N2. The minimum Gasteiger partial charge on any atom is -0.313 e. The van der Waals surface area contributed by atoms with Gasteiger partial charge in [0.25, 0.3) is 0 Å². The Morgan fingerprint density at radius 3 is 2.47 bits per heavy atom. The van der Waals surface area contributed by atoms with Crippen LogP contribution in [0.4, 0.5) is 13.2 Å². The average molecular weight is 252 g/mol. The van der Waals surface area contributed by atoms with E-state index in [9.17, 15) is 13.2 Å². The maximum Gasteiger partial charge on any atom is 0.401 e. The van der Waals surface area contributed by atoms with Gasteiger partial charge in [-0.15, -0.1) is 0 Å². The molecule has 0 aliphatic heterocycles. The predicted octanol–water partition coefficient (Wildman–Crippen LogP) is 2.65. The molecule has 3 atom stereocenters. The van der Waals surface area contributed by atoms with E-state index in [0.717, 1.165) is 25.8 Å². The van der Waals surface area contributed by atoms with Gasteiger partial charge in [0.15, 0.2) is 0 Å². The van der Waals surface area contributed by atoms with Crippen molar-refractivity contribution >= 4 is 0 Å². The van der Waals surface area contributed by atoms with Crippen LogP contribution < -0.4 is 5.32 Å². The molecule has 0 spiro atoms. The smallest absolute Gasteiger partial charge is 0.313 e. The Labute approximate surface area is 102 Å². The molecule has 0 amide bonds. The summed E-state index contributed by atoms with van der Waals surface area (Å²) in [7, 11) is 1.58. The van der Waals surface area contributed by atoms with Gasteiger partial charge in [0.1, 0.15) is 0 Å². The number of halogens is 3. The predicted molar refractivity (Wildman–Crippen MR) is 63.0 cm³/mol. The van der Waals surface area contributed by atoms with Gasteiger partial charge >= 0.3 is 6.18 Å². The highest BCUT2D eigenvalue weighted by Crippen LogP contribution is 2.29. The van der Waals surface area contributed by atoms with E-state index in [4.69, 9.17) is 0 Å². The minimum absolute atomic E-state index is 0.000301. The lowest BCUT2D eigenvalue weighted by molar-refractivity contribution is -0.150. The number of rotatable bonds is 4. The molecule has 1 N–H and O–H groups in total. The summed E-state index contributed by atoms with van der Waals surface area (Å²) >= 11 is 0. The number of nitrogens with one attached hydrogen (secondary N) is 1. The van der Waals surface area contributed by atoms with Gasteiger partial charge in [-0.25, -0.2) is 0 Å². The topological polar surface area (TPSA) is 15.3 Å². The lowest BCUT2D eigenvalue weighted by Gasteiger charge is -2.41. The van der Waals surface area contributed by atoms with Gasteiger partial charge in [0, 0.05) is 12.1 Å². The molecule has 0 aromatic carbocycles. The first-order valence-corrected chi connectivity index (χ1v) is 6.34. The van der Waals surface area contributed by atoms with Gasteiger partial charge in [0.2, 0.25) is 0 Å². The zero-order valence-corrected chi connectivity index (χ0v) is 10.8. The second kappa shape index (κ2) is 6.05. The fourth-order valence-electron chi connectivity index (χ4n) is 2.74. The van der Waals surface area contributed by atoms with Crippen LogP contribution in [0.3, 0.4) is 0 Å². The Hall–Kier alpha value is -0.290. The highest BCUT2D eigenvalue weighted by molar-refractivity contribution is 4.89. The van der Waals surface area contributed by atoms with Crippen LogP contribution in [0.25, 0.3) is 0 Å². The van der Waals surface area contributed by atoms with E-state index < -0.39 is 12.7 Å². The van der Waals surface area contributed by atoms with Gasteiger partial charge in [-0.2, -0.15) is 13.2 Å². The van der Waals surface area contributed by atoms with Crippen LogP contribution >= 0.6 is 0 Å². The molecule has 0 saturated heterocycles. The van der Waals surface area contributed by atoms with Crippen molar-refractivity contribution in [1.82, 2.24) is 10.2 Å². The van der Waals surface area contributed by atoms with Crippen LogP contribution in [0.2, 0.25) is 0 Å². The zero-order valence-electron chi connectivity index (χ0n) is 10.8. The number of alkyl halides is 3. The molecule has 102 valence electrons. The van der Waals surface area contributed by atoms with E-state index in [1.807, 2.05) is 6.92 Å². The molecule has 1 aliphatic rings. The van der Waals surface area contributed by atoms with E-state index in [0.29, 0.717) is 5.92 Å². The van der Waals surface area contributed by atoms with Crippen molar-refractivity contribution < 1.29 is 13.2 Å². The Bertz CT molecular complexity index is 230. The monoisotopic (exact) mass is 252 g/mol. The second-order valence-corrected chi connectivity index (χ2v) is 5.18. The molecule has 1 fully saturated rings.